The van der Waals surface area contributed by atoms with E-state index in [1.165, 1.54) is 0 Å². The van der Waals surface area contributed by atoms with Crippen LogP contribution in [0.25, 0.3) is 16.6 Å². The maximum atomic E-state index is 5.36. The lowest BCUT2D eigenvalue weighted by atomic mass is 10.1. The maximum absolute atomic E-state index is 5.36. The third-order valence-corrected chi connectivity index (χ3v) is 3.29. The topological polar surface area (TPSA) is 39.9 Å². The summed E-state index contributed by atoms with van der Waals surface area (Å²) in [5.74, 6) is 1.66. The van der Waals surface area contributed by atoms with Gasteiger partial charge in [0.05, 0.1) is 16.9 Å². The van der Waals surface area contributed by atoms with Crippen molar-refractivity contribution in [3.8, 4) is 11.6 Å². The van der Waals surface area contributed by atoms with Gasteiger partial charge in [-0.1, -0.05) is 12.1 Å². The van der Waals surface area contributed by atoms with Crippen LogP contribution in [0, 0.1) is 3.57 Å². The molecule has 4 nitrogen and oxygen atoms in total. The van der Waals surface area contributed by atoms with E-state index in [0.29, 0.717) is 0 Å². The van der Waals surface area contributed by atoms with Crippen molar-refractivity contribution in [1.82, 2.24) is 14.8 Å². The van der Waals surface area contributed by atoms with Crippen molar-refractivity contribution >= 4 is 33.4 Å². The van der Waals surface area contributed by atoms with Crippen LogP contribution < -0.4 is 4.74 Å². The van der Waals surface area contributed by atoms with E-state index in [9.17, 15) is 0 Å². The Balaban J connectivity index is 2.30. The molecule has 2 heterocycles. The van der Waals surface area contributed by atoms with Gasteiger partial charge in [0.15, 0.2) is 5.82 Å². The zero-order valence-corrected chi connectivity index (χ0v) is 11.8. The van der Waals surface area contributed by atoms with Crippen LogP contribution in [0.3, 0.4) is 0 Å². The van der Waals surface area contributed by atoms with Gasteiger partial charge in [-0.25, -0.2) is 9.67 Å². The van der Waals surface area contributed by atoms with Crippen molar-refractivity contribution in [2.45, 2.75) is 0 Å². The molecule has 0 atom stereocenters. The number of hydrogen-bond acceptors (Lipinski definition) is 3. The minimum atomic E-state index is 0.814. The number of ether oxygens (including phenoxy) is 1. The highest BCUT2D eigenvalue weighted by molar-refractivity contribution is 14.1. The van der Waals surface area contributed by atoms with Crippen molar-refractivity contribution in [2.75, 3.05) is 7.11 Å². The zero-order chi connectivity index (χ0) is 12.5. The quantitative estimate of drug-likeness (QED) is 0.667. The molecule has 2 aromatic heterocycles. The first kappa shape index (κ1) is 11.5. The predicted molar refractivity (Wildman–Crippen MR) is 78.1 cm³/mol. The first-order chi connectivity index (χ1) is 8.79. The Labute approximate surface area is 118 Å². The van der Waals surface area contributed by atoms with E-state index in [2.05, 4.69) is 32.7 Å². The largest absolute Gasteiger partial charge is 0.496 e. The molecule has 0 aliphatic heterocycles. The Morgan fingerprint density at radius 2 is 2.11 bits per heavy atom. The van der Waals surface area contributed by atoms with Gasteiger partial charge in [0.2, 0.25) is 0 Å². The SMILES string of the molecule is COc1cccc2c(-n3cc(I)cn3)nccc12. The molecule has 0 spiro atoms. The Kier molecular flexibility index (Phi) is 2.91. The van der Waals surface area contributed by atoms with Crippen LogP contribution in [-0.4, -0.2) is 21.9 Å². The Hall–Kier alpha value is -1.63. The average Bonchev–Trinajstić information content (AvgIpc) is 2.84. The molecule has 3 rings (SSSR count). The minimum Gasteiger partial charge on any atom is -0.496 e. The summed E-state index contributed by atoms with van der Waals surface area (Å²) in [5, 5.41) is 6.36. The molecule has 0 aliphatic rings. The lowest BCUT2D eigenvalue weighted by Gasteiger charge is -2.08. The molecule has 0 radical (unpaired) electrons. The van der Waals surface area contributed by atoms with Crippen molar-refractivity contribution in [2.24, 2.45) is 0 Å². The second-order valence-electron chi connectivity index (χ2n) is 3.79. The van der Waals surface area contributed by atoms with Crippen LogP contribution in [-0.2, 0) is 0 Å². The summed E-state index contributed by atoms with van der Waals surface area (Å²) in [6, 6.07) is 7.88. The summed E-state index contributed by atoms with van der Waals surface area (Å²) in [4.78, 5) is 4.41. The maximum Gasteiger partial charge on any atom is 0.161 e. The molecular weight excluding hydrogens is 341 g/mol. The van der Waals surface area contributed by atoms with Gasteiger partial charge < -0.3 is 4.74 Å². The third-order valence-electron chi connectivity index (χ3n) is 2.73. The summed E-state index contributed by atoms with van der Waals surface area (Å²) >= 11 is 2.23. The molecular formula is C13H10IN3O. The first-order valence-corrected chi connectivity index (χ1v) is 6.50. The number of halogens is 1. The van der Waals surface area contributed by atoms with Gasteiger partial charge in [0.1, 0.15) is 5.75 Å². The molecule has 3 aromatic rings. The fourth-order valence-corrected chi connectivity index (χ4v) is 2.33. The molecule has 0 aliphatic carbocycles. The van der Waals surface area contributed by atoms with E-state index in [0.717, 1.165) is 25.9 Å². The van der Waals surface area contributed by atoms with E-state index < -0.39 is 0 Å². The first-order valence-electron chi connectivity index (χ1n) is 5.42. The fraction of sp³-hybridized carbons (Fsp3) is 0.0769. The molecule has 90 valence electrons. The molecule has 0 saturated carbocycles. The molecule has 0 bridgehead atoms. The summed E-state index contributed by atoms with van der Waals surface area (Å²) in [6.45, 7) is 0. The van der Waals surface area contributed by atoms with Crippen molar-refractivity contribution < 1.29 is 4.74 Å². The van der Waals surface area contributed by atoms with E-state index in [4.69, 9.17) is 4.74 Å². The van der Waals surface area contributed by atoms with Crippen LogP contribution in [0.4, 0.5) is 0 Å². The van der Waals surface area contributed by atoms with Crippen LogP contribution in [0.5, 0.6) is 5.75 Å². The standard InChI is InChI=1S/C13H10IN3O/c1-18-12-4-2-3-11-10(12)5-6-15-13(11)17-8-9(14)7-16-17/h2-8H,1H3. The summed E-state index contributed by atoms with van der Waals surface area (Å²) in [6.07, 6.45) is 5.53. The van der Waals surface area contributed by atoms with E-state index in [1.807, 2.05) is 30.5 Å². The van der Waals surface area contributed by atoms with E-state index in [-0.39, 0.29) is 0 Å². The Morgan fingerprint density at radius 1 is 1.22 bits per heavy atom. The number of fused-ring (bicyclic) bond motifs is 1. The summed E-state index contributed by atoms with van der Waals surface area (Å²) in [5.41, 5.74) is 0. The molecule has 18 heavy (non-hydrogen) atoms. The molecule has 0 amide bonds. The van der Waals surface area contributed by atoms with Crippen LogP contribution in [0.2, 0.25) is 0 Å². The number of hydrogen-bond donors (Lipinski definition) is 0. The molecule has 0 unspecified atom stereocenters. The minimum absolute atomic E-state index is 0.814. The molecule has 0 fully saturated rings. The van der Waals surface area contributed by atoms with Gasteiger partial charge in [-0.3, -0.25) is 0 Å². The highest BCUT2D eigenvalue weighted by Crippen LogP contribution is 2.28. The van der Waals surface area contributed by atoms with Gasteiger partial charge in [0.25, 0.3) is 0 Å². The average molecular weight is 351 g/mol. The van der Waals surface area contributed by atoms with Gasteiger partial charge in [-0.2, -0.15) is 5.10 Å². The van der Waals surface area contributed by atoms with Crippen molar-refractivity contribution in [3.63, 3.8) is 0 Å². The van der Waals surface area contributed by atoms with E-state index in [1.54, 1.807) is 24.2 Å². The normalized spacial score (nSPS) is 10.8. The number of nitrogens with zero attached hydrogens (tertiary/aromatic N) is 3. The van der Waals surface area contributed by atoms with Crippen molar-refractivity contribution in [1.29, 1.82) is 0 Å². The monoisotopic (exact) mass is 351 g/mol. The van der Waals surface area contributed by atoms with Crippen molar-refractivity contribution in [3.05, 3.63) is 46.4 Å². The number of rotatable bonds is 2. The molecule has 5 heteroatoms. The predicted octanol–water partition coefficient (Wildman–Crippen LogP) is 3.03. The Bertz CT molecular complexity index is 708. The summed E-state index contributed by atoms with van der Waals surface area (Å²) < 4.78 is 8.22. The second-order valence-corrected chi connectivity index (χ2v) is 5.04. The van der Waals surface area contributed by atoms with Crippen LogP contribution in [0.15, 0.2) is 42.9 Å². The van der Waals surface area contributed by atoms with Crippen LogP contribution >= 0.6 is 22.6 Å². The van der Waals surface area contributed by atoms with Gasteiger partial charge in [-0.15, -0.1) is 0 Å². The molecule has 1 aromatic carbocycles. The number of benzene rings is 1. The highest BCUT2D eigenvalue weighted by atomic mass is 127. The molecule has 0 saturated heterocycles. The van der Waals surface area contributed by atoms with Crippen LogP contribution in [0.1, 0.15) is 0 Å². The van der Waals surface area contributed by atoms with E-state index >= 15 is 0 Å². The lowest BCUT2D eigenvalue weighted by Crippen LogP contribution is -1.99. The van der Waals surface area contributed by atoms with Gasteiger partial charge in [0, 0.05) is 23.2 Å². The summed E-state index contributed by atoms with van der Waals surface area (Å²) in [7, 11) is 1.67. The third kappa shape index (κ3) is 1.84. The number of aromatic nitrogens is 3. The molecule has 0 N–H and O–H groups in total. The number of methoxy groups -OCH3 is 1. The second kappa shape index (κ2) is 4.56. The Morgan fingerprint density at radius 3 is 2.83 bits per heavy atom. The van der Waals surface area contributed by atoms with Gasteiger partial charge in [-0.05, 0) is 34.7 Å². The number of pyridine rings is 1. The smallest absolute Gasteiger partial charge is 0.161 e. The fourth-order valence-electron chi connectivity index (χ4n) is 1.94. The van der Waals surface area contributed by atoms with Gasteiger partial charge >= 0.3 is 0 Å². The lowest BCUT2D eigenvalue weighted by molar-refractivity contribution is 0.420. The zero-order valence-electron chi connectivity index (χ0n) is 9.67. The highest BCUT2D eigenvalue weighted by Gasteiger charge is 2.08.